The van der Waals surface area contributed by atoms with Crippen LogP contribution in [0.1, 0.15) is 24.8 Å². The van der Waals surface area contributed by atoms with Crippen molar-refractivity contribution in [2.24, 2.45) is 11.8 Å². The van der Waals surface area contributed by atoms with E-state index in [2.05, 4.69) is 47.6 Å². The van der Waals surface area contributed by atoms with Crippen molar-refractivity contribution >= 4 is 0 Å². The lowest BCUT2D eigenvalue weighted by Gasteiger charge is -2.25. The largest absolute Gasteiger partial charge is 0.316 e. The van der Waals surface area contributed by atoms with Crippen LogP contribution < -0.4 is 5.32 Å². The third-order valence-electron chi connectivity index (χ3n) is 4.81. The molecule has 1 aromatic rings. The molecule has 0 spiro atoms. The van der Waals surface area contributed by atoms with Crippen LogP contribution in [-0.4, -0.2) is 31.1 Å². The quantitative estimate of drug-likeness (QED) is 0.879. The molecular weight excluding hydrogens is 220 g/mol. The molecule has 0 aromatic heterocycles. The van der Waals surface area contributed by atoms with Crippen LogP contribution in [0.5, 0.6) is 0 Å². The summed E-state index contributed by atoms with van der Waals surface area (Å²) < 4.78 is 0. The lowest BCUT2D eigenvalue weighted by molar-refractivity contribution is 0.230. The molecule has 1 saturated carbocycles. The molecule has 98 valence electrons. The number of hydrogen-bond acceptors (Lipinski definition) is 2. The molecule has 2 heteroatoms. The van der Waals surface area contributed by atoms with Crippen molar-refractivity contribution in [3.8, 4) is 0 Å². The van der Waals surface area contributed by atoms with Crippen molar-refractivity contribution in [3.05, 3.63) is 35.9 Å². The van der Waals surface area contributed by atoms with E-state index in [9.17, 15) is 0 Å². The molecule has 1 heterocycles. The van der Waals surface area contributed by atoms with Gasteiger partial charge in [-0.1, -0.05) is 30.3 Å². The van der Waals surface area contributed by atoms with Gasteiger partial charge in [0.05, 0.1) is 0 Å². The van der Waals surface area contributed by atoms with Crippen LogP contribution in [0.2, 0.25) is 0 Å². The summed E-state index contributed by atoms with van der Waals surface area (Å²) in [6.45, 7) is 3.58. The number of nitrogens with zero attached hydrogens (tertiary/aromatic N) is 1. The minimum atomic E-state index is 0.792. The van der Waals surface area contributed by atoms with E-state index in [4.69, 9.17) is 0 Å². The Balaban J connectivity index is 1.58. The van der Waals surface area contributed by atoms with Crippen LogP contribution in [0.3, 0.4) is 0 Å². The Hall–Kier alpha value is -0.860. The fraction of sp³-hybridized carbons (Fsp3) is 0.625. The minimum absolute atomic E-state index is 0.792. The topological polar surface area (TPSA) is 15.3 Å². The van der Waals surface area contributed by atoms with E-state index in [1.807, 2.05) is 0 Å². The standard InChI is InChI=1S/C16H24N2/c1-18(12-13-5-3-2-4-6-13)16-9-14-7-8-17-11-15(14)10-16/h2-6,14-17H,7-12H2,1H3. The molecular formula is C16H24N2. The fourth-order valence-electron chi connectivity index (χ4n) is 3.72. The van der Waals surface area contributed by atoms with Crippen LogP contribution in [-0.2, 0) is 6.54 Å². The van der Waals surface area contributed by atoms with Crippen molar-refractivity contribution < 1.29 is 0 Å². The van der Waals surface area contributed by atoms with Gasteiger partial charge in [0.2, 0.25) is 0 Å². The Morgan fingerprint density at radius 2 is 1.94 bits per heavy atom. The zero-order valence-corrected chi connectivity index (χ0v) is 11.3. The summed E-state index contributed by atoms with van der Waals surface area (Å²) in [6.07, 6.45) is 4.19. The Morgan fingerprint density at radius 3 is 2.72 bits per heavy atom. The highest BCUT2D eigenvalue weighted by atomic mass is 15.1. The zero-order chi connectivity index (χ0) is 12.4. The number of rotatable bonds is 3. The van der Waals surface area contributed by atoms with Crippen molar-refractivity contribution in [1.29, 1.82) is 0 Å². The number of fused-ring (bicyclic) bond motifs is 1. The predicted octanol–water partition coefficient (Wildman–Crippen LogP) is 2.51. The van der Waals surface area contributed by atoms with Crippen LogP contribution in [0.15, 0.2) is 30.3 Å². The number of piperidine rings is 1. The molecule has 3 rings (SSSR count). The summed E-state index contributed by atoms with van der Waals surface area (Å²) in [7, 11) is 2.29. The van der Waals surface area contributed by atoms with Gasteiger partial charge in [-0.3, -0.25) is 4.90 Å². The van der Waals surface area contributed by atoms with E-state index in [0.717, 1.165) is 24.4 Å². The normalized spacial score (nSPS) is 31.6. The number of hydrogen-bond donors (Lipinski definition) is 1. The van der Waals surface area contributed by atoms with E-state index in [1.54, 1.807) is 0 Å². The number of benzene rings is 1. The first-order valence-corrected chi connectivity index (χ1v) is 7.28. The third-order valence-corrected chi connectivity index (χ3v) is 4.81. The van der Waals surface area contributed by atoms with Crippen LogP contribution in [0.4, 0.5) is 0 Å². The first-order valence-electron chi connectivity index (χ1n) is 7.28. The summed E-state index contributed by atoms with van der Waals surface area (Å²) in [5, 5.41) is 3.55. The first kappa shape index (κ1) is 12.2. The van der Waals surface area contributed by atoms with Crippen molar-refractivity contribution in [2.45, 2.75) is 31.8 Å². The molecule has 2 fully saturated rings. The third kappa shape index (κ3) is 2.60. The molecule has 0 bridgehead atoms. The van der Waals surface area contributed by atoms with Gasteiger partial charge in [-0.05, 0) is 56.8 Å². The second-order valence-electron chi connectivity index (χ2n) is 6.04. The van der Waals surface area contributed by atoms with E-state index >= 15 is 0 Å². The summed E-state index contributed by atoms with van der Waals surface area (Å²) in [6, 6.07) is 11.6. The van der Waals surface area contributed by atoms with Gasteiger partial charge in [0.25, 0.3) is 0 Å². The summed E-state index contributed by atoms with van der Waals surface area (Å²) in [5.74, 6) is 1.91. The second-order valence-corrected chi connectivity index (χ2v) is 6.04. The van der Waals surface area contributed by atoms with E-state index in [1.165, 1.54) is 37.9 Å². The highest BCUT2D eigenvalue weighted by Crippen LogP contribution is 2.38. The summed E-state index contributed by atoms with van der Waals surface area (Å²) in [4.78, 5) is 2.56. The van der Waals surface area contributed by atoms with Crippen LogP contribution in [0.25, 0.3) is 0 Å². The molecule has 1 aromatic carbocycles. The maximum Gasteiger partial charge on any atom is 0.0233 e. The number of nitrogens with one attached hydrogen (secondary N) is 1. The molecule has 0 radical (unpaired) electrons. The van der Waals surface area contributed by atoms with Gasteiger partial charge in [-0.15, -0.1) is 0 Å². The summed E-state index contributed by atoms with van der Waals surface area (Å²) >= 11 is 0. The molecule has 18 heavy (non-hydrogen) atoms. The van der Waals surface area contributed by atoms with Gasteiger partial charge in [-0.2, -0.15) is 0 Å². The van der Waals surface area contributed by atoms with Gasteiger partial charge in [-0.25, -0.2) is 0 Å². The minimum Gasteiger partial charge on any atom is -0.316 e. The molecule has 0 amide bonds. The molecule has 3 atom stereocenters. The molecule has 1 N–H and O–H groups in total. The van der Waals surface area contributed by atoms with E-state index in [0.29, 0.717) is 0 Å². The average Bonchev–Trinajstić information content (AvgIpc) is 2.84. The Morgan fingerprint density at radius 1 is 1.17 bits per heavy atom. The SMILES string of the molecule is CN(Cc1ccccc1)C1CC2CCNCC2C1. The molecule has 3 unspecified atom stereocenters. The Bertz CT molecular complexity index is 362. The lowest BCUT2D eigenvalue weighted by atomic mass is 9.90. The second kappa shape index (κ2) is 5.41. The van der Waals surface area contributed by atoms with Crippen molar-refractivity contribution in [3.63, 3.8) is 0 Å². The maximum absolute atomic E-state index is 3.55. The van der Waals surface area contributed by atoms with Gasteiger partial charge < -0.3 is 5.32 Å². The smallest absolute Gasteiger partial charge is 0.0233 e. The van der Waals surface area contributed by atoms with E-state index in [-0.39, 0.29) is 0 Å². The molecule has 1 saturated heterocycles. The predicted molar refractivity (Wildman–Crippen MR) is 75.4 cm³/mol. The monoisotopic (exact) mass is 244 g/mol. The zero-order valence-electron chi connectivity index (χ0n) is 11.3. The first-order chi connectivity index (χ1) is 8.83. The maximum atomic E-state index is 3.55. The molecule has 2 aliphatic rings. The highest BCUT2D eigenvalue weighted by molar-refractivity contribution is 5.14. The fourth-order valence-corrected chi connectivity index (χ4v) is 3.72. The molecule has 1 aliphatic carbocycles. The van der Waals surface area contributed by atoms with E-state index < -0.39 is 0 Å². The van der Waals surface area contributed by atoms with Crippen LogP contribution >= 0.6 is 0 Å². The highest BCUT2D eigenvalue weighted by Gasteiger charge is 2.36. The van der Waals surface area contributed by atoms with Crippen molar-refractivity contribution in [2.75, 3.05) is 20.1 Å². The lowest BCUT2D eigenvalue weighted by Crippen LogP contribution is -2.33. The molecule has 2 nitrogen and oxygen atoms in total. The van der Waals surface area contributed by atoms with Crippen molar-refractivity contribution in [1.82, 2.24) is 10.2 Å². The Labute approximate surface area is 110 Å². The molecule has 1 aliphatic heterocycles. The van der Waals surface area contributed by atoms with Gasteiger partial charge in [0.1, 0.15) is 0 Å². The Kier molecular flexibility index (Phi) is 3.67. The van der Waals surface area contributed by atoms with Gasteiger partial charge in [0.15, 0.2) is 0 Å². The van der Waals surface area contributed by atoms with Gasteiger partial charge >= 0.3 is 0 Å². The van der Waals surface area contributed by atoms with Crippen LogP contribution in [0, 0.1) is 11.8 Å². The van der Waals surface area contributed by atoms with Gasteiger partial charge in [0, 0.05) is 12.6 Å². The average molecular weight is 244 g/mol. The summed E-state index contributed by atoms with van der Waals surface area (Å²) in [5.41, 5.74) is 1.44.